The van der Waals surface area contributed by atoms with Crippen molar-refractivity contribution in [1.82, 2.24) is 4.57 Å². The number of hydrogen-bond donors (Lipinski definition) is 1. The molecular formula is C18H14Cl2N2O3S. The summed E-state index contributed by atoms with van der Waals surface area (Å²) in [7, 11) is 0. The maximum atomic E-state index is 12.5. The van der Waals surface area contributed by atoms with Gasteiger partial charge in [0, 0.05) is 15.6 Å². The quantitative estimate of drug-likeness (QED) is 0.674. The summed E-state index contributed by atoms with van der Waals surface area (Å²) >= 11 is 13.2. The molecule has 134 valence electrons. The number of carbonyl (C=O) groups is 2. The molecule has 0 saturated heterocycles. The van der Waals surface area contributed by atoms with Gasteiger partial charge in [-0.3, -0.25) is 4.79 Å². The minimum Gasteiger partial charge on any atom is -0.480 e. The van der Waals surface area contributed by atoms with Crippen LogP contribution in [0.1, 0.15) is 29.7 Å². The molecular weight excluding hydrogens is 395 g/mol. The number of benzene rings is 2. The average Bonchev–Trinajstić information content (AvgIpc) is 2.93. The third-order valence-corrected chi connectivity index (χ3v) is 5.38. The van der Waals surface area contributed by atoms with Gasteiger partial charge in [0.1, 0.15) is 6.04 Å². The predicted molar refractivity (Wildman–Crippen MR) is 103 cm³/mol. The van der Waals surface area contributed by atoms with Gasteiger partial charge < -0.3 is 9.67 Å². The highest BCUT2D eigenvalue weighted by Crippen LogP contribution is 2.26. The fraction of sp³-hybridized carbons (Fsp3) is 0.167. The van der Waals surface area contributed by atoms with E-state index in [1.807, 2.05) is 0 Å². The summed E-state index contributed by atoms with van der Waals surface area (Å²) in [6.07, 6.45) is 0.343. The molecule has 8 heteroatoms. The van der Waals surface area contributed by atoms with E-state index in [0.717, 1.165) is 4.70 Å². The summed E-state index contributed by atoms with van der Waals surface area (Å²) in [5.41, 5.74) is 1.01. The van der Waals surface area contributed by atoms with Crippen molar-refractivity contribution in [2.45, 2.75) is 19.4 Å². The van der Waals surface area contributed by atoms with E-state index in [9.17, 15) is 14.7 Å². The van der Waals surface area contributed by atoms with Crippen LogP contribution in [0.4, 0.5) is 0 Å². The van der Waals surface area contributed by atoms with Crippen LogP contribution in [-0.4, -0.2) is 21.6 Å². The summed E-state index contributed by atoms with van der Waals surface area (Å²) in [5, 5.41) is 10.6. The third-order valence-electron chi connectivity index (χ3n) is 3.86. The Balaban J connectivity index is 2.22. The Kier molecular flexibility index (Phi) is 5.46. The molecule has 0 aliphatic heterocycles. The largest absolute Gasteiger partial charge is 0.480 e. The first-order chi connectivity index (χ1) is 12.4. The fourth-order valence-electron chi connectivity index (χ4n) is 2.61. The Morgan fingerprint density at radius 2 is 1.81 bits per heavy atom. The smallest absolute Gasteiger partial charge is 0.326 e. The first kappa shape index (κ1) is 18.6. The van der Waals surface area contributed by atoms with Crippen LogP contribution < -0.4 is 4.80 Å². The topological polar surface area (TPSA) is 71.7 Å². The summed E-state index contributed by atoms with van der Waals surface area (Å²) in [6.45, 7) is 1.77. The van der Waals surface area contributed by atoms with E-state index in [1.54, 1.807) is 54.0 Å². The summed E-state index contributed by atoms with van der Waals surface area (Å²) in [5.74, 6) is -1.46. The molecule has 0 fully saturated rings. The minimum absolute atomic E-state index is 0.316. The van der Waals surface area contributed by atoms with Crippen LogP contribution in [0.15, 0.2) is 47.5 Å². The van der Waals surface area contributed by atoms with Crippen LogP contribution in [0.25, 0.3) is 10.2 Å². The number of aliphatic carboxylic acids is 1. The number of carboxylic acid groups (broad SMARTS) is 1. The molecule has 3 rings (SSSR count). The van der Waals surface area contributed by atoms with Crippen LogP contribution in [-0.2, 0) is 4.79 Å². The van der Waals surface area contributed by atoms with Gasteiger partial charge in [0.25, 0.3) is 5.91 Å². The lowest BCUT2D eigenvalue weighted by Gasteiger charge is -2.13. The number of thiazole rings is 1. The molecule has 26 heavy (non-hydrogen) atoms. The molecule has 3 aromatic rings. The van der Waals surface area contributed by atoms with Crippen LogP contribution in [0.3, 0.4) is 0 Å². The molecule has 0 spiro atoms. The Hall–Kier alpha value is -2.15. The Morgan fingerprint density at radius 1 is 1.15 bits per heavy atom. The van der Waals surface area contributed by atoms with Gasteiger partial charge in [-0.05, 0) is 48.9 Å². The molecule has 0 aliphatic carbocycles. The number of nitrogens with zero attached hydrogens (tertiary/aromatic N) is 2. The van der Waals surface area contributed by atoms with Crippen molar-refractivity contribution in [3.05, 3.63) is 62.9 Å². The molecule has 1 N–H and O–H groups in total. The van der Waals surface area contributed by atoms with Crippen molar-refractivity contribution in [3.63, 3.8) is 0 Å². The predicted octanol–water partition coefficient (Wildman–Crippen LogP) is 4.79. The van der Waals surface area contributed by atoms with Crippen LogP contribution >= 0.6 is 34.5 Å². The maximum absolute atomic E-state index is 12.5. The van der Waals surface area contributed by atoms with E-state index >= 15 is 0 Å². The highest BCUT2D eigenvalue weighted by Gasteiger charge is 2.22. The number of halogens is 2. The standard InChI is InChI=1S/C18H14Cl2N2O3S/c1-2-13(17(24)25)22-14-9-12(20)7-8-15(14)26-18(22)21-16(23)10-3-5-11(19)6-4-10/h3-9,13H,2H2,1H3,(H,24,25)/b21-18-. The van der Waals surface area contributed by atoms with Crippen LogP contribution in [0.5, 0.6) is 0 Å². The monoisotopic (exact) mass is 408 g/mol. The van der Waals surface area contributed by atoms with Crippen molar-refractivity contribution in [2.24, 2.45) is 4.99 Å². The van der Waals surface area contributed by atoms with Crippen LogP contribution in [0.2, 0.25) is 10.0 Å². The number of carbonyl (C=O) groups excluding carboxylic acids is 1. The van der Waals surface area contributed by atoms with E-state index in [0.29, 0.717) is 32.3 Å². The highest BCUT2D eigenvalue weighted by atomic mass is 35.5. The van der Waals surface area contributed by atoms with Gasteiger partial charge >= 0.3 is 5.97 Å². The van der Waals surface area contributed by atoms with Gasteiger partial charge in [-0.1, -0.05) is 41.5 Å². The molecule has 0 radical (unpaired) electrons. The molecule has 2 aromatic carbocycles. The van der Waals surface area contributed by atoms with Crippen LogP contribution in [0, 0.1) is 0 Å². The Bertz CT molecular complexity index is 1050. The second kappa shape index (κ2) is 7.61. The van der Waals surface area contributed by atoms with Gasteiger partial charge in [-0.15, -0.1) is 0 Å². The third kappa shape index (κ3) is 3.67. The number of amides is 1. The van der Waals surface area contributed by atoms with Gasteiger partial charge in [0.15, 0.2) is 4.80 Å². The molecule has 0 bridgehead atoms. The zero-order valence-electron chi connectivity index (χ0n) is 13.6. The first-order valence-corrected chi connectivity index (χ1v) is 9.36. The highest BCUT2D eigenvalue weighted by molar-refractivity contribution is 7.16. The number of fused-ring (bicyclic) bond motifs is 1. The summed E-state index contributed by atoms with van der Waals surface area (Å²) < 4.78 is 2.36. The van der Waals surface area contributed by atoms with Crippen molar-refractivity contribution in [3.8, 4) is 0 Å². The SMILES string of the molecule is CCC(C(=O)O)n1/c(=N/C(=O)c2ccc(Cl)cc2)sc2ccc(Cl)cc21. The minimum atomic E-state index is -0.993. The van der Waals surface area contributed by atoms with E-state index in [-0.39, 0.29) is 0 Å². The second-order valence-electron chi connectivity index (χ2n) is 5.55. The van der Waals surface area contributed by atoms with E-state index < -0.39 is 17.9 Å². The van der Waals surface area contributed by atoms with Crippen molar-refractivity contribution in [1.29, 1.82) is 0 Å². The zero-order chi connectivity index (χ0) is 18.8. The Labute approximate surface area is 163 Å². The molecule has 1 unspecified atom stereocenters. The molecule has 1 heterocycles. The molecule has 0 aliphatic rings. The normalized spacial score (nSPS) is 13.1. The molecule has 1 atom stereocenters. The van der Waals surface area contributed by atoms with Gasteiger partial charge in [0.05, 0.1) is 10.2 Å². The van der Waals surface area contributed by atoms with E-state index in [4.69, 9.17) is 23.2 Å². The number of aromatic nitrogens is 1. The van der Waals surface area contributed by atoms with E-state index in [1.165, 1.54) is 11.3 Å². The van der Waals surface area contributed by atoms with Gasteiger partial charge in [0.2, 0.25) is 0 Å². The molecule has 1 amide bonds. The van der Waals surface area contributed by atoms with Gasteiger partial charge in [-0.2, -0.15) is 4.99 Å². The Morgan fingerprint density at radius 3 is 2.42 bits per heavy atom. The zero-order valence-corrected chi connectivity index (χ0v) is 16.0. The maximum Gasteiger partial charge on any atom is 0.326 e. The molecule has 0 saturated carbocycles. The lowest BCUT2D eigenvalue weighted by molar-refractivity contribution is -0.140. The van der Waals surface area contributed by atoms with Crippen molar-refractivity contribution >= 4 is 56.6 Å². The van der Waals surface area contributed by atoms with Crippen molar-refractivity contribution in [2.75, 3.05) is 0 Å². The van der Waals surface area contributed by atoms with Gasteiger partial charge in [-0.25, -0.2) is 4.79 Å². The summed E-state index contributed by atoms with van der Waals surface area (Å²) in [4.78, 5) is 28.7. The molecule has 5 nitrogen and oxygen atoms in total. The number of rotatable bonds is 4. The van der Waals surface area contributed by atoms with Crippen molar-refractivity contribution < 1.29 is 14.7 Å². The number of carboxylic acids is 1. The number of hydrogen-bond acceptors (Lipinski definition) is 3. The first-order valence-electron chi connectivity index (χ1n) is 7.78. The summed E-state index contributed by atoms with van der Waals surface area (Å²) in [6, 6.07) is 10.7. The lowest BCUT2D eigenvalue weighted by atomic mass is 10.2. The fourth-order valence-corrected chi connectivity index (χ4v) is 3.94. The molecule has 1 aromatic heterocycles. The lowest BCUT2D eigenvalue weighted by Crippen LogP contribution is -2.27. The van der Waals surface area contributed by atoms with E-state index in [2.05, 4.69) is 4.99 Å². The second-order valence-corrected chi connectivity index (χ2v) is 7.43. The average molecular weight is 409 g/mol.